The van der Waals surface area contributed by atoms with E-state index < -0.39 is 11.4 Å². The molecule has 1 aliphatic rings. The van der Waals surface area contributed by atoms with Crippen LogP contribution in [0.25, 0.3) is 11.4 Å². The van der Waals surface area contributed by atoms with Crippen LogP contribution in [0.1, 0.15) is 29.6 Å². The van der Waals surface area contributed by atoms with Gasteiger partial charge in [-0.25, -0.2) is 0 Å². The van der Waals surface area contributed by atoms with Crippen LogP contribution in [-0.2, 0) is 4.79 Å². The minimum absolute atomic E-state index is 0.183. The first-order valence-electron chi connectivity index (χ1n) is 7.32. The highest BCUT2D eigenvalue weighted by Gasteiger charge is 2.42. The molecule has 1 amide bonds. The Morgan fingerprint density at radius 2 is 2.17 bits per heavy atom. The maximum absolute atomic E-state index is 12.6. The number of carboxylic acids is 1. The first-order valence-corrected chi connectivity index (χ1v) is 7.32. The highest BCUT2D eigenvalue weighted by atomic mass is 16.5. The number of benzene rings is 1. The van der Waals surface area contributed by atoms with Crippen molar-refractivity contribution in [2.75, 3.05) is 13.1 Å². The second-order valence-corrected chi connectivity index (χ2v) is 6.06. The molecule has 7 heteroatoms. The van der Waals surface area contributed by atoms with Crippen LogP contribution in [0, 0.1) is 12.3 Å². The van der Waals surface area contributed by atoms with Gasteiger partial charge in [0.2, 0.25) is 11.7 Å². The standard InChI is InChI=1S/C16H17N3O4/c1-10-17-13(18-23-10)11-4-3-5-12(8-11)14(20)19-7-6-16(2,9-19)15(21)22/h3-5,8H,6-7,9H2,1-2H3,(H,21,22). The SMILES string of the molecule is Cc1nc(-c2cccc(C(=O)N3CCC(C)(C(=O)O)C3)c2)no1. The van der Waals surface area contributed by atoms with E-state index in [9.17, 15) is 14.7 Å². The summed E-state index contributed by atoms with van der Waals surface area (Å²) in [4.78, 5) is 29.6. The van der Waals surface area contributed by atoms with Gasteiger partial charge in [-0.3, -0.25) is 9.59 Å². The Kier molecular flexibility index (Phi) is 3.63. The zero-order chi connectivity index (χ0) is 16.6. The molecule has 1 aromatic heterocycles. The molecule has 1 saturated heterocycles. The molecule has 0 aliphatic carbocycles. The van der Waals surface area contributed by atoms with Crippen LogP contribution in [0.5, 0.6) is 0 Å². The van der Waals surface area contributed by atoms with Gasteiger partial charge < -0.3 is 14.5 Å². The molecule has 1 N–H and O–H groups in total. The Balaban J connectivity index is 1.82. The van der Waals surface area contributed by atoms with Gasteiger partial charge in [-0.05, 0) is 25.5 Å². The van der Waals surface area contributed by atoms with Crippen molar-refractivity contribution in [1.29, 1.82) is 0 Å². The van der Waals surface area contributed by atoms with Crippen molar-refractivity contribution < 1.29 is 19.2 Å². The molecule has 0 saturated carbocycles. The Bertz CT molecular complexity index is 770. The van der Waals surface area contributed by atoms with Crippen molar-refractivity contribution in [3.8, 4) is 11.4 Å². The number of aromatic nitrogens is 2. The van der Waals surface area contributed by atoms with E-state index in [0.717, 1.165) is 0 Å². The van der Waals surface area contributed by atoms with Crippen LogP contribution < -0.4 is 0 Å². The third kappa shape index (κ3) is 2.81. The third-order valence-corrected chi connectivity index (χ3v) is 4.17. The number of carbonyl (C=O) groups is 2. The number of likely N-dealkylation sites (tertiary alicyclic amines) is 1. The molecule has 0 radical (unpaired) electrons. The summed E-state index contributed by atoms with van der Waals surface area (Å²) in [7, 11) is 0. The lowest BCUT2D eigenvalue weighted by molar-refractivity contribution is -0.147. The number of nitrogens with zero attached hydrogens (tertiary/aromatic N) is 3. The van der Waals surface area contributed by atoms with Crippen LogP contribution in [0.2, 0.25) is 0 Å². The number of aliphatic carboxylic acids is 1. The summed E-state index contributed by atoms with van der Waals surface area (Å²) in [5, 5.41) is 13.1. The fourth-order valence-corrected chi connectivity index (χ4v) is 2.70. The minimum atomic E-state index is -0.877. The maximum atomic E-state index is 12.6. The molecule has 1 aliphatic heterocycles. The van der Waals surface area contributed by atoms with Crippen molar-refractivity contribution in [2.24, 2.45) is 5.41 Å². The fourth-order valence-electron chi connectivity index (χ4n) is 2.70. The molecule has 2 aromatic rings. The molecule has 1 fully saturated rings. The van der Waals surface area contributed by atoms with Gasteiger partial charge in [0.25, 0.3) is 5.91 Å². The van der Waals surface area contributed by atoms with E-state index in [1.807, 2.05) is 0 Å². The Hall–Kier alpha value is -2.70. The van der Waals surface area contributed by atoms with Crippen LogP contribution in [0.4, 0.5) is 0 Å². The van der Waals surface area contributed by atoms with Crippen LogP contribution in [-0.4, -0.2) is 45.1 Å². The molecule has 1 unspecified atom stereocenters. The van der Waals surface area contributed by atoms with Gasteiger partial charge in [0.15, 0.2) is 0 Å². The number of rotatable bonds is 3. The first-order chi connectivity index (χ1) is 10.9. The van der Waals surface area contributed by atoms with E-state index in [1.54, 1.807) is 43.0 Å². The van der Waals surface area contributed by atoms with Gasteiger partial charge in [0, 0.05) is 31.1 Å². The summed E-state index contributed by atoms with van der Waals surface area (Å²) in [5.41, 5.74) is 0.297. The van der Waals surface area contributed by atoms with Gasteiger partial charge in [-0.1, -0.05) is 17.3 Å². The van der Waals surface area contributed by atoms with E-state index in [1.165, 1.54) is 0 Å². The molecule has 0 bridgehead atoms. The molecule has 23 heavy (non-hydrogen) atoms. The second-order valence-electron chi connectivity index (χ2n) is 6.06. The van der Waals surface area contributed by atoms with Gasteiger partial charge in [-0.15, -0.1) is 0 Å². The highest BCUT2D eigenvalue weighted by molar-refractivity contribution is 5.96. The highest BCUT2D eigenvalue weighted by Crippen LogP contribution is 2.31. The molecule has 2 heterocycles. The molecular weight excluding hydrogens is 298 g/mol. The van der Waals surface area contributed by atoms with Gasteiger partial charge >= 0.3 is 5.97 Å². The van der Waals surface area contributed by atoms with Crippen LogP contribution >= 0.6 is 0 Å². The lowest BCUT2D eigenvalue weighted by atomic mass is 9.90. The van der Waals surface area contributed by atoms with E-state index in [4.69, 9.17) is 4.52 Å². The molecular formula is C16H17N3O4. The van der Waals surface area contributed by atoms with Gasteiger partial charge in [0.05, 0.1) is 5.41 Å². The van der Waals surface area contributed by atoms with Crippen LogP contribution in [0.3, 0.4) is 0 Å². The molecule has 1 aromatic carbocycles. The number of carbonyl (C=O) groups excluding carboxylic acids is 1. The number of carboxylic acid groups (broad SMARTS) is 1. The maximum Gasteiger partial charge on any atom is 0.311 e. The van der Waals surface area contributed by atoms with Crippen molar-refractivity contribution in [3.05, 3.63) is 35.7 Å². The third-order valence-electron chi connectivity index (χ3n) is 4.17. The molecule has 3 rings (SSSR count). The number of hydrogen-bond acceptors (Lipinski definition) is 5. The number of amides is 1. The number of aryl methyl sites for hydroxylation is 1. The zero-order valence-corrected chi connectivity index (χ0v) is 12.9. The monoisotopic (exact) mass is 315 g/mol. The van der Waals surface area contributed by atoms with Crippen molar-refractivity contribution in [2.45, 2.75) is 20.3 Å². The Morgan fingerprint density at radius 1 is 1.39 bits per heavy atom. The van der Waals surface area contributed by atoms with Crippen molar-refractivity contribution in [1.82, 2.24) is 15.0 Å². The van der Waals surface area contributed by atoms with Crippen molar-refractivity contribution in [3.63, 3.8) is 0 Å². The van der Waals surface area contributed by atoms with E-state index in [2.05, 4.69) is 10.1 Å². The summed E-state index contributed by atoms with van der Waals surface area (Å²) in [6.07, 6.45) is 0.456. The molecule has 0 spiro atoms. The van der Waals surface area contributed by atoms with E-state index in [0.29, 0.717) is 35.8 Å². The largest absolute Gasteiger partial charge is 0.481 e. The van der Waals surface area contributed by atoms with Crippen LogP contribution in [0.15, 0.2) is 28.8 Å². The van der Waals surface area contributed by atoms with E-state index in [-0.39, 0.29) is 12.5 Å². The predicted molar refractivity (Wildman–Crippen MR) is 80.7 cm³/mol. The zero-order valence-electron chi connectivity index (χ0n) is 12.9. The van der Waals surface area contributed by atoms with E-state index >= 15 is 0 Å². The smallest absolute Gasteiger partial charge is 0.311 e. The normalized spacial score (nSPS) is 20.7. The summed E-state index contributed by atoms with van der Waals surface area (Å²) in [5.74, 6) is -0.177. The number of hydrogen-bond donors (Lipinski definition) is 1. The van der Waals surface area contributed by atoms with Gasteiger partial charge in [-0.2, -0.15) is 4.98 Å². The fraction of sp³-hybridized carbons (Fsp3) is 0.375. The van der Waals surface area contributed by atoms with Gasteiger partial charge in [0.1, 0.15) is 0 Å². The average Bonchev–Trinajstić information content (AvgIpc) is 3.14. The first kappa shape index (κ1) is 15.2. The predicted octanol–water partition coefficient (Wildman–Crippen LogP) is 1.98. The quantitative estimate of drug-likeness (QED) is 0.930. The summed E-state index contributed by atoms with van der Waals surface area (Å²) < 4.78 is 4.95. The molecule has 7 nitrogen and oxygen atoms in total. The Labute approximate surface area is 132 Å². The minimum Gasteiger partial charge on any atom is -0.481 e. The summed E-state index contributed by atoms with van der Waals surface area (Å²) >= 11 is 0. The molecule has 1 atom stereocenters. The topological polar surface area (TPSA) is 96.5 Å². The summed E-state index contributed by atoms with van der Waals surface area (Å²) in [6, 6.07) is 6.95. The lowest BCUT2D eigenvalue weighted by Crippen LogP contribution is -2.34. The summed E-state index contributed by atoms with van der Waals surface area (Å²) in [6.45, 7) is 4.02. The Morgan fingerprint density at radius 3 is 2.78 bits per heavy atom. The molecule has 120 valence electrons. The second kappa shape index (κ2) is 5.49. The van der Waals surface area contributed by atoms with Crippen molar-refractivity contribution >= 4 is 11.9 Å². The lowest BCUT2D eigenvalue weighted by Gasteiger charge is -2.20. The average molecular weight is 315 g/mol.